The molecule has 0 aliphatic carbocycles. The van der Waals surface area contributed by atoms with Crippen LogP contribution in [0, 0.1) is 0 Å². The third-order valence-electron chi connectivity index (χ3n) is 6.33. The highest BCUT2D eigenvalue weighted by Crippen LogP contribution is 2.32. The molecule has 0 saturated carbocycles. The molecule has 4 aromatic rings. The van der Waals surface area contributed by atoms with Crippen LogP contribution in [0.3, 0.4) is 0 Å². The second-order valence-corrected chi connectivity index (χ2v) is 8.82. The van der Waals surface area contributed by atoms with Crippen molar-refractivity contribution in [2.45, 2.75) is 37.4 Å². The topological polar surface area (TPSA) is 155 Å². The molecule has 3 heterocycles. The van der Waals surface area contributed by atoms with E-state index in [1.807, 2.05) is 42.5 Å². The van der Waals surface area contributed by atoms with Crippen molar-refractivity contribution in [2.75, 3.05) is 18.5 Å². The maximum absolute atomic E-state index is 12.1. The first-order valence-corrected chi connectivity index (χ1v) is 12.0. The fraction of sp³-hybridized carbons (Fsp3) is 0.308. The lowest BCUT2D eigenvalue weighted by Gasteiger charge is -2.16. The molecule has 4 atom stereocenters. The third kappa shape index (κ3) is 5.30. The average Bonchev–Trinajstić information content (AvgIpc) is 3.49. The van der Waals surface area contributed by atoms with Gasteiger partial charge in [-0.3, -0.25) is 9.36 Å². The average molecular weight is 505 g/mol. The number of carbonyl (C=O) groups excluding carboxylic acids is 1. The van der Waals surface area contributed by atoms with Crippen LogP contribution in [0.25, 0.3) is 11.2 Å². The van der Waals surface area contributed by atoms with Crippen LogP contribution in [0.1, 0.15) is 28.6 Å². The van der Waals surface area contributed by atoms with Gasteiger partial charge in [-0.25, -0.2) is 15.0 Å². The van der Waals surface area contributed by atoms with Crippen molar-refractivity contribution in [2.24, 2.45) is 0 Å². The molecule has 192 valence electrons. The number of amides is 1. The Labute approximate surface area is 212 Å². The Morgan fingerprint density at radius 1 is 1.00 bits per heavy atom. The van der Waals surface area contributed by atoms with Crippen LogP contribution < -0.4 is 10.6 Å². The number of nitrogens with one attached hydrogen (secondary N) is 2. The molecular weight excluding hydrogens is 476 g/mol. The number of aromatic nitrogens is 4. The van der Waals surface area contributed by atoms with Crippen molar-refractivity contribution in [3.05, 3.63) is 78.4 Å². The number of imidazole rings is 1. The van der Waals surface area contributed by atoms with Crippen LogP contribution >= 0.6 is 0 Å². The van der Waals surface area contributed by atoms with E-state index >= 15 is 0 Å². The zero-order valence-corrected chi connectivity index (χ0v) is 19.9. The van der Waals surface area contributed by atoms with Gasteiger partial charge in [0.15, 0.2) is 23.2 Å². The number of aliphatic hydroxyl groups is 3. The van der Waals surface area contributed by atoms with Crippen LogP contribution in [0.4, 0.5) is 11.5 Å². The largest absolute Gasteiger partial charge is 0.394 e. The van der Waals surface area contributed by atoms with Gasteiger partial charge in [0.05, 0.1) is 12.9 Å². The van der Waals surface area contributed by atoms with Crippen LogP contribution in [-0.2, 0) is 11.2 Å². The zero-order valence-electron chi connectivity index (χ0n) is 19.9. The van der Waals surface area contributed by atoms with Gasteiger partial charge in [0.2, 0.25) is 0 Å². The molecule has 0 unspecified atom stereocenters. The molecule has 5 rings (SSSR count). The van der Waals surface area contributed by atoms with Gasteiger partial charge in [-0.15, -0.1) is 0 Å². The Balaban J connectivity index is 1.19. The minimum Gasteiger partial charge on any atom is -0.394 e. The highest BCUT2D eigenvalue weighted by molar-refractivity contribution is 5.94. The van der Waals surface area contributed by atoms with Gasteiger partial charge in [0, 0.05) is 17.8 Å². The van der Waals surface area contributed by atoms with Gasteiger partial charge < -0.3 is 30.7 Å². The maximum Gasteiger partial charge on any atom is 0.251 e. The van der Waals surface area contributed by atoms with E-state index in [1.165, 1.54) is 17.2 Å². The van der Waals surface area contributed by atoms with Crippen LogP contribution in [0.2, 0.25) is 0 Å². The lowest BCUT2D eigenvalue weighted by Crippen LogP contribution is -2.33. The molecule has 1 saturated heterocycles. The standard InChI is InChI=1S/C26H28N6O5/c33-13-19-21(34)22(35)26(37-19)32-15-30-20-23(28-14-29-24(20)32)31-18-10-8-16(9-11-18)5-4-12-27-25(36)17-6-2-1-3-7-17/h1-3,6-11,14-15,19,21-22,26,33-35H,4-5,12-13H2,(H,27,36)(H,28,29,31)/t19-,21-,22-,26-/m1/s1. The Hall–Kier alpha value is -3.90. The molecular formula is C26H28N6O5. The molecule has 0 bridgehead atoms. The van der Waals surface area contributed by atoms with Crippen LogP contribution in [0.15, 0.2) is 67.3 Å². The summed E-state index contributed by atoms with van der Waals surface area (Å²) in [5, 5.41) is 36.0. The summed E-state index contributed by atoms with van der Waals surface area (Å²) in [6, 6.07) is 17.1. The lowest BCUT2D eigenvalue weighted by atomic mass is 10.1. The molecule has 0 radical (unpaired) electrons. The summed E-state index contributed by atoms with van der Waals surface area (Å²) < 4.78 is 7.12. The zero-order chi connectivity index (χ0) is 25.8. The van der Waals surface area contributed by atoms with Crippen molar-refractivity contribution >= 4 is 28.6 Å². The summed E-state index contributed by atoms with van der Waals surface area (Å²) in [5.41, 5.74) is 3.49. The highest BCUT2D eigenvalue weighted by Gasteiger charge is 2.44. The number of nitrogens with zero attached hydrogens (tertiary/aromatic N) is 4. The molecule has 11 nitrogen and oxygen atoms in total. The van der Waals surface area contributed by atoms with Crippen molar-refractivity contribution in [3.8, 4) is 0 Å². The van der Waals surface area contributed by atoms with Crippen LogP contribution in [-0.4, -0.2) is 72.2 Å². The monoisotopic (exact) mass is 504 g/mol. The number of aryl methyl sites for hydroxylation is 1. The fourth-order valence-corrected chi connectivity index (χ4v) is 4.32. The molecule has 1 aliphatic heterocycles. The van der Waals surface area contributed by atoms with Crippen molar-refractivity contribution in [1.82, 2.24) is 24.8 Å². The number of aliphatic hydroxyl groups excluding tert-OH is 3. The molecule has 1 amide bonds. The maximum atomic E-state index is 12.1. The summed E-state index contributed by atoms with van der Waals surface area (Å²) in [6.45, 7) is 0.173. The molecule has 11 heteroatoms. The molecule has 0 spiro atoms. The lowest BCUT2D eigenvalue weighted by molar-refractivity contribution is -0.0511. The Morgan fingerprint density at radius 2 is 1.78 bits per heavy atom. The minimum atomic E-state index is -1.24. The SMILES string of the molecule is O=C(NCCCc1ccc(Nc2ncnc3c2ncn3[C@@H]2O[C@H](CO)[C@@H](O)[C@H]2O)cc1)c1ccccc1. The van der Waals surface area contributed by atoms with Gasteiger partial charge in [0.25, 0.3) is 5.91 Å². The van der Waals surface area contributed by atoms with E-state index in [9.17, 15) is 20.1 Å². The highest BCUT2D eigenvalue weighted by atomic mass is 16.6. The summed E-state index contributed by atoms with van der Waals surface area (Å²) >= 11 is 0. The number of rotatable bonds is 9. The fourth-order valence-electron chi connectivity index (χ4n) is 4.32. The van der Waals surface area contributed by atoms with Gasteiger partial charge in [-0.05, 0) is 42.7 Å². The molecule has 1 fully saturated rings. The van der Waals surface area contributed by atoms with Crippen molar-refractivity contribution < 1.29 is 24.9 Å². The van der Waals surface area contributed by atoms with E-state index in [1.54, 1.807) is 12.1 Å². The predicted octanol–water partition coefficient (Wildman–Crippen LogP) is 1.54. The summed E-state index contributed by atoms with van der Waals surface area (Å²) in [6.07, 6.45) is 0.197. The normalized spacial score (nSPS) is 21.3. The molecule has 2 aromatic heterocycles. The Bertz CT molecular complexity index is 1350. The molecule has 1 aliphatic rings. The van der Waals surface area contributed by atoms with Gasteiger partial charge >= 0.3 is 0 Å². The second-order valence-electron chi connectivity index (χ2n) is 8.82. The van der Waals surface area contributed by atoms with Gasteiger partial charge in [0.1, 0.15) is 24.6 Å². The van der Waals surface area contributed by atoms with E-state index in [0.29, 0.717) is 29.1 Å². The second kappa shape index (κ2) is 11.0. The molecule has 5 N–H and O–H groups in total. The van der Waals surface area contributed by atoms with E-state index in [-0.39, 0.29) is 5.91 Å². The third-order valence-corrected chi connectivity index (χ3v) is 6.33. The number of fused-ring (bicyclic) bond motifs is 1. The summed E-state index contributed by atoms with van der Waals surface area (Å²) in [4.78, 5) is 25.1. The first kappa shape index (κ1) is 24.8. The first-order valence-electron chi connectivity index (χ1n) is 12.0. The number of hydrogen-bond donors (Lipinski definition) is 5. The van der Waals surface area contributed by atoms with Crippen molar-refractivity contribution in [3.63, 3.8) is 0 Å². The quantitative estimate of drug-likeness (QED) is 0.214. The van der Waals surface area contributed by atoms with E-state index in [4.69, 9.17) is 4.74 Å². The first-order chi connectivity index (χ1) is 18.0. The molecule has 2 aromatic carbocycles. The number of benzene rings is 2. The van der Waals surface area contributed by atoms with E-state index in [2.05, 4.69) is 25.6 Å². The van der Waals surface area contributed by atoms with Gasteiger partial charge in [-0.2, -0.15) is 0 Å². The summed E-state index contributed by atoms with van der Waals surface area (Å²) in [5.74, 6) is 0.406. The van der Waals surface area contributed by atoms with Gasteiger partial charge in [-0.1, -0.05) is 30.3 Å². The van der Waals surface area contributed by atoms with Crippen molar-refractivity contribution in [1.29, 1.82) is 0 Å². The predicted molar refractivity (Wildman–Crippen MR) is 135 cm³/mol. The van der Waals surface area contributed by atoms with Crippen LogP contribution in [0.5, 0.6) is 0 Å². The number of carbonyl (C=O) groups is 1. The van der Waals surface area contributed by atoms with E-state index in [0.717, 1.165) is 24.1 Å². The smallest absolute Gasteiger partial charge is 0.251 e. The number of anilines is 2. The number of hydrogen-bond acceptors (Lipinski definition) is 9. The van der Waals surface area contributed by atoms with E-state index < -0.39 is 31.1 Å². The Morgan fingerprint density at radius 3 is 2.51 bits per heavy atom. The minimum absolute atomic E-state index is 0.0721. The molecule has 37 heavy (non-hydrogen) atoms. The Kier molecular flexibility index (Phi) is 7.37. The summed E-state index contributed by atoms with van der Waals surface area (Å²) in [7, 11) is 0. The number of ether oxygens (including phenoxy) is 1.